The quantitative estimate of drug-likeness (QED) is 0.626. The summed E-state index contributed by atoms with van der Waals surface area (Å²) in [6, 6.07) is 0.337. The second-order valence-electron chi connectivity index (χ2n) is 3.96. The van der Waals surface area contributed by atoms with E-state index in [1.54, 1.807) is 17.5 Å². The Morgan fingerprint density at radius 3 is 2.75 bits per heavy atom. The first-order valence-electron chi connectivity index (χ1n) is 5.60. The zero-order valence-electron chi connectivity index (χ0n) is 10.5. The molecule has 1 rings (SSSR count). The number of rotatable bonds is 4. The Balaban J connectivity index is 3.07. The summed E-state index contributed by atoms with van der Waals surface area (Å²) in [5.41, 5.74) is 2.63. The number of amidine groups is 1. The molecule has 0 radical (unpaired) electrons. The smallest absolute Gasteiger partial charge is 0.143 e. The minimum absolute atomic E-state index is 0.337. The molecule has 1 atom stereocenters. The number of aliphatic imine (C=N–C) groups is 1. The normalized spacial score (nSPS) is 13.6. The summed E-state index contributed by atoms with van der Waals surface area (Å²) >= 11 is 1.74. The van der Waals surface area contributed by atoms with Crippen LogP contribution in [0, 0.1) is 13.8 Å². The molecule has 0 aliphatic heterocycles. The van der Waals surface area contributed by atoms with Crippen LogP contribution in [0.2, 0.25) is 0 Å². The Labute approximate surface area is 102 Å². The third-order valence-corrected chi connectivity index (χ3v) is 3.89. The molecule has 1 heterocycles. The number of aryl methyl sites for hydroxylation is 1. The molecule has 0 fully saturated rings. The summed E-state index contributed by atoms with van der Waals surface area (Å²) < 4.78 is 0. The molecule has 0 saturated heterocycles. The van der Waals surface area contributed by atoms with Crippen LogP contribution < -0.4 is 5.32 Å². The molecule has 3 heteroatoms. The van der Waals surface area contributed by atoms with Gasteiger partial charge in [0.1, 0.15) is 5.84 Å². The lowest BCUT2D eigenvalue weighted by atomic mass is 10.2. The lowest BCUT2D eigenvalue weighted by molar-refractivity contribution is 0.714. The van der Waals surface area contributed by atoms with Crippen LogP contribution in [0.15, 0.2) is 23.2 Å². The molecule has 0 aliphatic rings. The van der Waals surface area contributed by atoms with Gasteiger partial charge in [0.15, 0.2) is 0 Å². The number of hydrogen-bond donors (Lipinski definition) is 1. The number of nitrogens with zero attached hydrogens (tertiary/aromatic N) is 1. The Kier molecular flexibility index (Phi) is 4.74. The first-order chi connectivity index (χ1) is 7.60. The van der Waals surface area contributed by atoms with Crippen LogP contribution in [0.3, 0.4) is 0 Å². The summed E-state index contributed by atoms with van der Waals surface area (Å²) in [6.45, 7) is 12.2. The fourth-order valence-electron chi connectivity index (χ4n) is 1.31. The zero-order chi connectivity index (χ0) is 12.1. The molecule has 0 bridgehead atoms. The van der Waals surface area contributed by atoms with Gasteiger partial charge in [-0.25, -0.2) is 0 Å². The van der Waals surface area contributed by atoms with Crippen molar-refractivity contribution in [2.24, 2.45) is 4.99 Å². The van der Waals surface area contributed by atoms with Crippen molar-refractivity contribution in [3.8, 4) is 0 Å². The summed E-state index contributed by atoms with van der Waals surface area (Å²) in [4.78, 5) is 5.89. The van der Waals surface area contributed by atoms with Crippen LogP contribution >= 0.6 is 11.3 Å². The van der Waals surface area contributed by atoms with Gasteiger partial charge < -0.3 is 5.32 Å². The van der Waals surface area contributed by atoms with Crippen molar-refractivity contribution in [2.45, 2.75) is 40.2 Å². The Morgan fingerprint density at radius 1 is 1.62 bits per heavy atom. The van der Waals surface area contributed by atoms with Gasteiger partial charge in [0.25, 0.3) is 0 Å². The fraction of sp³-hybridized carbons (Fsp3) is 0.462. The molecular formula is C13H20N2S. The number of thiophene rings is 1. The fourth-order valence-corrected chi connectivity index (χ4v) is 2.34. The molecule has 0 aromatic carbocycles. The Morgan fingerprint density at radius 2 is 2.31 bits per heavy atom. The molecule has 88 valence electrons. The second kappa shape index (κ2) is 5.85. The van der Waals surface area contributed by atoms with E-state index in [2.05, 4.69) is 50.0 Å². The van der Waals surface area contributed by atoms with Crippen molar-refractivity contribution in [1.82, 2.24) is 5.32 Å². The van der Waals surface area contributed by atoms with Crippen molar-refractivity contribution in [2.75, 3.05) is 0 Å². The van der Waals surface area contributed by atoms with Crippen LogP contribution in [-0.2, 0) is 0 Å². The van der Waals surface area contributed by atoms with E-state index in [0.717, 1.165) is 12.3 Å². The van der Waals surface area contributed by atoms with Crippen molar-refractivity contribution < 1.29 is 0 Å². The van der Waals surface area contributed by atoms with Gasteiger partial charge in [-0.15, -0.1) is 11.3 Å². The van der Waals surface area contributed by atoms with E-state index in [0.29, 0.717) is 6.04 Å². The zero-order valence-corrected chi connectivity index (χ0v) is 11.3. The van der Waals surface area contributed by atoms with E-state index in [9.17, 15) is 0 Å². The topological polar surface area (TPSA) is 24.4 Å². The van der Waals surface area contributed by atoms with Gasteiger partial charge in [0, 0.05) is 6.04 Å². The van der Waals surface area contributed by atoms with Crippen molar-refractivity contribution in [3.63, 3.8) is 0 Å². The van der Waals surface area contributed by atoms with E-state index in [1.807, 2.05) is 0 Å². The highest BCUT2D eigenvalue weighted by atomic mass is 32.1. The highest BCUT2D eigenvalue weighted by molar-refractivity contribution is 7.12. The highest BCUT2D eigenvalue weighted by Crippen LogP contribution is 2.21. The molecule has 1 aromatic rings. The number of hydrogen-bond acceptors (Lipinski definition) is 2. The van der Waals surface area contributed by atoms with Crippen molar-refractivity contribution in [1.29, 1.82) is 0 Å². The van der Waals surface area contributed by atoms with E-state index in [4.69, 9.17) is 0 Å². The molecule has 1 aromatic heterocycles. The first-order valence-corrected chi connectivity index (χ1v) is 6.48. The highest BCUT2D eigenvalue weighted by Gasteiger charge is 2.10. The third kappa shape index (κ3) is 2.95. The largest absolute Gasteiger partial charge is 0.346 e. The predicted octanol–water partition coefficient (Wildman–Crippen LogP) is 3.64. The van der Waals surface area contributed by atoms with E-state index < -0.39 is 0 Å². The first kappa shape index (κ1) is 13.0. The van der Waals surface area contributed by atoms with E-state index in [1.165, 1.54) is 16.0 Å². The Hall–Kier alpha value is -1.09. The minimum Gasteiger partial charge on any atom is -0.346 e. The van der Waals surface area contributed by atoms with Gasteiger partial charge in [-0.05, 0) is 49.9 Å². The summed E-state index contributed by atoms with van der Waals surface area (Å²) in [7, 11) is 0. The Bertz CT molecular complexity index is 391. The molecule has 0 saturated carbocycles. The van der Waals surface area contributed by atoms with Crippen molar-refractivity contribution in [3.05, 3.63) is 34.2 Å². The van der Waals surface area contributed by atoms with Gasteiger partial charge in [-0.2, -0.15) is 0 Å². The molecule has 0 unspecified atom stereocenters. The average molecular weight is 236 g/mol. The maximum atomic E-state index is 4.67. The molecule has 0 spiro atoms. The molecular weight excluding hydrogens is 216 g/mol. The third-order valence-electron chi connectivity index (χ3n) is 2.68. The van der Waals surface area contributed by atoms with E-state index in [-0.39, 0.29) is 0 Å². The van der Waals surface area contributed by atoms with Gasteiger partial charge in [0.05, 0.1) is 4.88 Å². The molecule has 1 N–H and O–H groups in total. The summed E-state index contributed by atoms with van der Waals surface area (Å²) in [5, 5.41) is 5.31. The standard InChI is InChI=1S/C13H20N2S/c1-6-10(4)15-13(14-7-2)12-11(5)9(3)8-16-12/h7-8,10H,2,6H2,1,3-5H3,(H,14,15)/t10-/m0/s1. The lowest BCUT2D eigenvalue weighted by Gasteiger charge is -2.09. The summed E-state index contributed by atoms with van der Waals surface area (Å²) in [6.07, 6.45) is 2.74. The number of nitrogens with one attached hydrogen (secondary N) is 1. The minimum atomic E-state index is 0.337. The van der Waals surface area contributed by atoms with Gasteiger partial charge in [-0.3, -0.25) is 4.99 Å². The monoisotopic (exact) mass is 236 g/mol. The second-order valence-corrected chi connectivity index (χ2v) is 4.84. The maximum absolute atomic E-state index is 4.67. The molecule has 0 amide bonds. The SMILES string of the molecule is C=CNC(=N[C@@H](C)CC)c1scc(C)c1C. The molecule has 0 aliphatic carbocycles. The average Bonchev–Trinajstić information content (AvgIpc) is 2.59. The van der Waals surface area contributed by atoms with Gasteiger partial charge >= 0.3 is 0 Å². The lowest BCUT2D eigenvalue weighted by Crippen LogP contribution is -2.20. The van der Waals surface area contributed by atoms with Crippen LogP contribution in [0.1, 0.15) is 36.3 Å². The molecule has 16 heavy (non-hydrogen) atoms. The van der Waals surface area contributed by atoms with Crippen LogP contribution in [0.5, 0.6) is 0 Å². The van der Waals surface area contributed by atoms with E-state index >= 15 is 0 Å². The van der Waals surface area contributed by atoms with Crippen LogP contribution in [0.4, 0.5) is 0 Å². The molecule has 2 nitrogen and oxygen atoms in total. The predicted molar refractivity (Wildman–Crippen MR) is 73.4 cm³/mol. The van der Waals surface area contributed by atoms with Crippen LogP contribution in [0.25, 0.3) is 0 Å². The van der Waals surface area contributed by atoms with Gasteiger partial charge in [0.2, 0.25) is 0 Å². The van der Waals surface area contributed by atoms with Crippen molar-refractivity contribution >= 4 is 17.2 Å². The maximum Gasteiger partial charge on any atom is 0.143 e. The van der Waals surface area contributed by atoms with Crippen LogP contribution in [-0.4, -0.2) is 11.9 Å². The van der Waals surface area contributed by atoms with Gasteiger partial charge in [-0.1, -0.05) is 13.5 Å². The summed E-state index contributed by atoms with van der Waals surface area (Å²) in [5.74, 6) is 0.944.